The van der Waals surface area contributed by atoms with Gasteiger partial charge in [0.2, 0.25) is 11.8 Å². The number of aryl methyl sites for hydroxylation is 1. The van der Waals surface area contributed by atoms with Crippen LogP contribution in [-0.2, 0) is 33.4 Å². The first kappa shape index (κ1) is 40.7. The van der Waals surface area contributed by atoms with Crippen LogP contribution in [-0.4, -0.2) is 139 Å². The minimum Gasteiger partial charge on any atom is -0.483 e. The van der Waals surface area contributed by atoms with E-state index in [1.165, 1.54) is 11.0 Å². The van der Waals surface area contributed by atoms with Crippen LogP contribution in [0.25, 0.3) is 10.9 Å². The Kier molecular flexibility index (Phi) is 14.0. The molecule has 4 heterocycles. The molecular weight excluding hydrogens is 724 g/mol. The molecule has 0 radical (unpaired) electrons. The van der Waals surface area contributed by atoms with Crippen LogP contribution in [0.4, 0.5) is 4.79 Å². The number of hydrogen-bond acceptors (Lipinski definition) is 11. The molecule has 4 fully saturated rings. The summed E-state index contributed by atoms with van der Waals surface area (Å²) in [5, 5.41) is 6.43. The summed E-state index contributed by atoms with van der Waals surface area (Å²) in [6.07, 6.45) is 6.26. The van der Waals surface area contributed by atoms with Gasteiger partial charge < -0.3 is 44.3 Å². The zero-order valence-electron chi connectivity index (χ0n) is 32.4. The molecule has 4 aliphatic rings. The van der Waals surface area contributed by atoms with Crippen molar-refractivity contribution < 1.29 is 47.7 Å². The molecule has 2 aromatic rings. The van der Waals surface area contributed by atoms with Crippen LogP contribution in [0, 0.1) is 6.92 Å². The number of fused-ring (bicyclic) bond motifs is 1. The smallest absolute Gasteiger partial charge is 0.409 e. The minimum atomic E-state index is -1.12. The third kappa shape index (κ3) is 10.4. The molecule has 5 amide bonds. The number of carbonyl (C=O) groups excluding carboxylic acids is 6. The van der Waals surface area contributed by atoms with Crippen molar-refractivity contribution in [3.05, 3.63) is 35.5 Å². The van der Waals surface area contributed by atoms with Crippen LogP contribution in [0.2, 0.25) is 0 Å². The second-order valence-corrected chi connectivity index (χ2v) is 14.9. The van der Waals surface area contributed by atoms with Crippen molar-refractivity contribution >= 4 is 46.6 Å². The van der Waals surface area contributed by atoms with Gasteiger partial charge in [0.1, 0.15) is 30.1 Å². The van der Waals surface area contributed by atoms with Gasteiger partial charge in [-0.3, -0.25) is 24.0 Å². The van der Waals surface area contributed by atoms with Crippen LogP contribution in [0.3, 0.4) is 0 Å². The van der Waals surface area contributed by atoms with E-state index in [2.05, 4.69) is 15.6 Å². The molecule has 1 saturated carbocycles. The van der Waals surface area contributed by atoms with Gasteiger partial charge in [-0.05, 0) is 89.3 Å². The van der Waals surface area contributed by atoms with Gasteiger partial charge in [-0.2, -0.15) is 0 Å². The summed E-state index contributed by atoms with van der Waals surface area (Å²) in [6, 6.07) is 5.40. The van der Waals surface area contributed by atoms with Gasteiger partial charge in [0.15, 0.2) is 6.61 Å². The van der Waals surface area contributed by atoms with Gasteiger partial charge in [-0.25, -0.2) is 9.78 Å². The molecular formula is C40H54N6O10. The predicted molar refractivity (Wildman–Crippen MR) is 203 cm³/mol. The predicted octanol–water partition coefficient (Wildman–Crippen LogP) is 2.87. The van der Waals surface area contributed by atoms with E-state index in [0.29, 0.717) is 36.9 Å². The molecule has 1 aromatic carbocycles. The maximum absolute atomic E-state index is 14.0. The molecule has 3 unspecified atom stereocenters. The van der Waals surface area contributed by atoms with E-state index in [0.717, 1.165) is 44.1 Å². The highest BCUT2D eigenvalue weighted by atomic mass is 16.6. The summed E-state index contributed by atoms with van der Waals surface area (Å²) in [7, 11) is 0. The molecule has 0 bridgehead atoms. The number of ether oxygens (including phenoxy) is 4. The zero-order chi connectivity index (χ0) is 39.6. The highest BCUT2D eigenvalue weighted by Crippen LogP contribution is 2.28. The number of nitrogens with zero attached hydrogens (tertiary/aromatic N) is 4. The Bertz CT molecular complexity index is 1750. The van der Waals surface area contributed by atoms with Gasteiger partial charge in [-0.1, -0.05) is 6.07 Å². The molecule has 16 heteroatoms. The summed E-state index contributed by atoms with van der Waals surface area (Å²) >= 11 is 0. The number of carbonyl (C=O) groups is 6. The van der Waals surface area contributed by atoms with E-state index >= 15 is 0 Å². The third-order valence-corrected chi connectivity index (χ3v) is 10.9. The standard InChI is InChI=1S/C40H54N6O10/c1-3-53-40(52)45-19-17-44(18-20-45)39(51)30(14-15-36(48)56-24-28-10-4-5-21-54-28)43-37(49)32-23-34(29-13-12-26(2)22-31(29)42-32)55-25-35(47)46-16-7-11-33(46)38(50)41-27-8-6-9-27/h12-13,22-23,27-28,30,33H,3-11,14-21,24-25H2,1-2H3,(H,41,50)(H,43,49). The SMILES string of the molecule is CCOC(=O)N1CCN(C(=O)C(CCC(=O)OCC2CCCCO2)NC(=O)c2cc(OCC(=O)N3CCCC3C(=O)NC3CCC3)c3ccc(C)cc3n2)CC1. The molecule has 2 N–H and O–H groups in total. The van der Waals surface area contributed by atoms with Gasteiger partial charge in [0, 0.05) is 63.2 Å². The van der Waals surface area contributed by atoms with Crippen molar-refractivity contribution in [3.63, 3.8) is 0 Å². The lowest BCUT2D eigenvalue weighted by atomic mass is 9.93. The molecule has 0 spiro atoms. The molecule has 6 rings (SSSR count). The van der Waals surface area contributed by atoms with Gasteiger partial charge >= 0.3 is 12.1 Å². The van der Waals surface area contributed by atoms with Crippen LogP contribution in [0.15, 0.2) is 24.3 Å². The highest BCUT2D eigenvalue weighted by molar-refractivity contribution is 5.99. The number of benzene rings is 1. The largest absolute Gasteiger partial charge is 0.483 e. The lowest BCUT2D eigenvalue weighted by molar-refractivity contribution is -0.149. The Hall–Kier alpha value is -4.99. The number of rotatable bonds is 14. The molecule has 1 aromatic heterocycles. The second kappa shape index (κ2) is 19.2. The van der Waals surface area contributed by atoms with E-state index in [4.69, 9.17) is 18.9 Å². The first-order chi connectivity index (χ1) is 27.1. The van der Waals surface area contributed by atoms with E-state index in [1.54, 1.807) is 28.9 Å². The summed E-state index contributed by atoms with van der Waals surface area (Å²) in [5.74, 6) is -1.83. The normalized spacial score (nSPS) is 20.5. The van der Waals surface area contributed by atoms with E-state index in [-0.39, 0.29) is 94.2 Å². The van der Waals surface area contributed by atoms with Crippen molar-refractivity contribution in [2.45, 2.75) is 102 Å². The number of likely N-dealkylation sites (tertiary alicyclic amines) is 1. The average molecular weight is 779 g/mol. The van der Waals surface area contributed by atoms with Crippen LogP contribution >= 0.6 is 0 Å². The highest BCUT2D eigenvalue weighted by Gasteiger charge is 2.36. The van der Waals surface area contributed by atoms with Gasteiger partial charge in [0.05, 0.1) is 18.2 Å². The van der Waals surface area contributed by atoms with Crippen LogP contribution in [0.1, 0.15) is 87.2 Å². The summed E-state index contributed by atoms with van der Waals surface area (Å²) in [6.45, 7) is 5.62. The lowest BCUT2D eigenvalue weighted by Crippen LogP contribution is -2.56. The van der Waals surface area contributed by atoms with E-state index in [9.17, 15) is 28.8 Å². The maximum atomic E-state index is 14.0. The number of hydrogen-bond donors (Lipinski definition) is 2. The van der Waals surface area contributed by atoms with E-state index < -0.39 is 36.0 Å². The zero-order valence-corrected chi connectivity index (χ0v) is 32.4. The molecule has 3 saturated heterocycles. The van der Waals surface area contributed by atoms with Crippen molar-refractivity contribution in [3.8, 4) is 5.75 Å². The van der Waals surface area contributed by atoms with Gasteiger partial charge in [-0.15, -0.1) is 0 Å². The molecule has 3 atom stereocenters. The summed E-state index contributed by atoms with van der Waals surface area (Å²) in [5.41, 5.74) is 1.28. The Labute approximate surface area is 326 Å². The van der Waals surface area contributed by atoms with Crippen LogP contribution in [0.5, 0.6) is 5.75 Å². The van der Waals surface area contributed by atoms with Crippen LogP contribution < -0.4 is 15.4 Å². The number of nitrogens with one attached hydrogen (secondary N) is 2. The first-order valence-electron chi connectivity index (χ1n) is 20.0. The van der Waals surface area contributed by atoms with Crippen molar-refractivity contribution in [2.75, 3.05) is 59.2 Å². The fraction of sp³-hybridized carbons (Fsp3) is 0.625. The van der Waals surface area contributed by atoms with Crippen molar-refractivity contribution in [2.24, 2.45) is 0 Å². The quantitative estimate of drug-likeness (QED) is 0.269. The fourth-order valence-electron chi connectivity index (χ4n) is 7.45. The molecule has 3 aliphatic heterocycles. The molecule has 304 valence electrons. The fourth-order valence-corrected chi connectivity index (χ4v) is 7.45. The monoisotopic (exact) mass is 778 g/mol. The minimum absolute atomic E-state index is 0.0388. The molecule has 56 heavy (non-hydrogen) atoms. The number of aromatic nitrogens is 1. The molecule has 16 nitrogen and oxygen atoms in total. The first-order valence-corrected chi connectivity index (χ1v) is 20.0. The maximum Gasteiger partial charge on any atom is 0.409 e. The van der Waals surface area contributed by atoms with E-state index in [1.807, 2.05) is 13.0 Å². The number of pyridine rings is 1. The lowest BCUT2D eigenvalue weighted by Gasteiger charge is -2.36. The number of piperazine rings is 1. The Morgan fingerprint density at radius 3 is 2.41 bits per heavy atom. The topological polar surface area (TPSA) is 186 Å². The second-order valence-electron chi connectivity index (χ2n) is 14.9. The summed E-state index contributed by atoms with van der Waals surface area (Å²) in [4.78, 5) is 88.7. The average Bonchev–Trinajstić information content (AvgIpc) is 3.69. The van der Waals surface area contributed by atoms with Crippen molar-refractivity contribution in [1.82, 2.24) is 30.3 Å². The third-order valence-electron chi connectivity index (χ3n) is 10.9. The van der Waals surface area contributed by atoms with Gasteiger partial charge in [0.25, 0.3) is 11.8 Å². The number of amides is 5. The molecule has 1 aliphatic carbocycles. The summed E-state index contributed by atoms with van der Waals surface area (Å²) < 4.78 is 22.3. The Morgan fingerprint density at radius 2 is 1.70 bits per heavy atom. The van der Waals surface area contributed by atoms with Crippen molar-refractivity contribution in [1.29, 1.82) is 0 Å². The Morgan fingerprint density at radius 1 is 0.911 bits per heavy atom. The number of esters is 1. The Balaban J connectivity index is 1.15.